The minimum Gasteiger partial charge on any atom is -0.378 e. The van der Waals surface area contributed by atoms with Gasteiger partial charge in [0.2, 0.25) is 0 Å². The average molecular weight is 405 g/mol. The van der Waals surface area contributed by atoms with Crippen LogP contribution in [-0.4, -0.2) is 22.6 Å². The molecule has 0 radical (unpaired) electrons. The lowest BCUT2D eigenvalue weighted by molar-refractivity contribution is -0.129. The smallest absolute Gasteiger partial charge is 0.273 e. The number of hydrazone groups is 1. The average Bonchev–Trinajstić information content (AvgIpc) is 2.77. The predicted octanol–water partition coefficient (Wildman–Crippen LogP) is 3.65. The van der Waals surface area contributed by atoms with Gasteiger partial charge in [0.05, 0.1) is 11.3 Å². The summed E-state index contributed by atoms with van der Waals surface area (Å²) in [6, 6.07) is 21.0. The lowest BCUT2D eigenvalue weighted by Gasteiger charge is -2.10. The van der Waals surface area contributed by atoms with E-state index in [2.05, 4.69) is 15.8 Å². The van der Waals surface area contributed by atoms with Crippen LogP contribution in [0.1, 0.15) is 34.5 Å². The Kier molecular flexibility index (Phi) is 6.67. The molecular formula is C23H20FN3O3. The summed E-state index contributed by atoms with van der Waals surface area (Å²) in [7, 11) is 0. The number of benzene rings is 3. The minimum atomic E-state index is -1.34. The Hall–Kier alpha value is -3.84. The molecule has 0 aliphatic carbocycles. The number of aliphatic hydroxyl groups is 1. The maximum atomic E-state index is 13.8. The van der Waals surface area contributed by atoms with Crippen LogP contribution in [0.25, 0.3) is 0 Å². The first-order valence-electron chi connectivity index (χ1n) is 9.19. The van der Waals surface area contributed by atoms with Crippen molar-refractivity contribution in [3.8, 4) is 0 Å². The van der Waals surface area contributed by atoms with Crippen molar-refractivity contribution in [1.82, 2.24) is 5.43 Å². The predicted molar refractivity (Wildman–Crippen MR) is 113 cm³/mol. The molecule has 3 rings (SSSR count). The van der Waals surface area contributed by atoms with Gasteiger partial charge in [-0.1, -0.05) is 54.6 Å². The highest BCUT2D eigenvalue weighted by Gasteiger charge is 2.16. The number of rotatable bonds is 6. The van der Waals surface area contributed by atoms with Crippen LogP contribution >= 0.6 is 0 Å². The van der Waals surface area contributed by atoms with Crippen molar-refractivity contribution in [2.45, 2.75) is 13.0 Å². The molecule has 0 spiro atoms. The second-order valence-corrected chi connectivity index (χ2v) is 6.50. The Labute approximate surface area is 173 Å². The van der Waals surface area contributed by atoms with Crippen LogP contribution in [0.5, 0.6) is 0 Å². The van der Waals surface area contributed by atoms with Crippen LogP contribution in [0.3, 0.4) is 0 Å². The first kappa shape index (κ1) is 20.9. The van der Waals surface area contributed by atoms with Gasteiger partial charge in [0.25, 0.3) is 11.8 Å². The number of hydrogen-bond donors (Lipinski definition) is 3. The van der Waals surface area contributed by atoms with E-state index >= 15 is 0 Å². The number of aliphatic hydroxyl groups excluding tert-OH is 1. The number of halogens is 1. The summed E-state index contributed by atoms with van der Waals surface area (Å²) in [6.45, 7) is 1.67. The zero-order valence-corrected chi connectivity index (χ0v) is 16.2. The molecule has 7 heteroatoms. The number of nitrogens with zero attached hydrogens (tertiary/aromatic N) is 1. The van der Waals surface area contributed by atoms with E-state index in [0.717, 1.165) is 0 Å². The summed E-state index contributed by atoms with van der Waals surface area (Å²) in [5, 5.41) is 16.7. The van der Waals surface area contributed by atoms with Gasteiger partial charge in [0.15, 0.2) is 6.10 Å². The van der Waals surface area contributed by atoms with Crippen LogP contribution in [0, 0.1) is 5.82 Å². The summed E-state index contributed by atoms with van der Waals surface area (Å²) in [5.74, 6) is -1.84. The summed E-state index contributed by atoms with van der Waals surface area (Å²) in [5.41, 5.74) is 4.28. The van der Waals surface area contributed by atoms with Crippen molar-refractivity contribution in [3.05, 3.63) is 101 Å². The Morgan fingerprint density at radius 1 is 0.967 bits per heavy atom. The van der Waals surface area contributed by atoms with E-state index in [0.29, 0.717) is 22.5 Å². The molecule has 152 valence electrons. The quantitative estimate of drug-likeness (QED) is 0.432. The number of amides is 2. The molecule has 0 saturated heterocycles. The third kappa shape index (κ3) is 5.15. The van der Waals surface area contributed by atoms with Crippen LogP contribution in [0.2, 0.25) is 0 Å². The standard InChI is InChI=1S/C23H20FN3O3/c1-15(26-27-23(30)21(28)16-8-3-2-4-9-16)17-10-7-11-18(14-17)25-22(29)19-12-5-6-13-20(19)24/h2-14,21,28H,1H3,(H,25,29)(H,27,30). The van der Waals surface area contributed by atoms with Gasteiger partial charge < -0.3 is 10.4 Å². The van der Waals surface area contributed by atoms with Gasteiger partial charge in [-0.25, -0.2) is 9.82 Å². The van der Waals surface area contributed by atoms with Gasteiger partial charge in [-0.05, 0) is 42.3 Å². The van der Waals surface area contributed by atoms with Gasteiger partial charge in [0, 0.05) is 5.69 Å². The Balaban J connectivity index is 1.68. The maximum Gasteiger partial charge on any atom is 0.273 e. The van der Waals surface area contributed by atoms with Crippen molar-refractivity contribution < 1.29 is 19.1 Å². The van der Waals surface area contributed by atoms with E-state index < -0.39 is 23.7 Å². The monoisotopic (exact) mass is 405 g/mol. The molecule has 0 aromatic heterocycles. The molecule has 1 atom stereocenters. The molecule has 6 nitrogen and oxygen atoms in total. The lowest BCUT2D eigenvalue weighted by Crippen LogP contribution is -2.26. The number of hydrogen-bond acceptors (Lipinski definition) is 4. The van der Waals surface area contributed by atoms with Gasteiger partial charge >= 0.3 is 0 Å². The van der Waals surface area contributed by atoms with E-state index in [4.69, 9.17) is 0 Å². The van der Waals surface area contributed by atoms with E-state index in [1.54, 1.807) is 67.6 Å². The first-order valence-corrected chi connectivity index (χ1v) is 9.19. The largest absolute Gasteiger partial charge is 0.378 e. The van der Waals surface area contributed by atoms with Crippen molar-refractivity contribution in [2.24, 2.45) is 5.10 Å². The van der Waals surface area contributed by atoms with Crippen molar-refractivity contribution in [1.29, 1.82) is 0 Å². The van der Waals surface area contributed by atoms with Gasteiger partial charge in [-0.3, -0.25) is 9.59 Å². The summed E-state index contributed by atoms with van der Waals surface area (Å²) < 4.78 is 13.8. The Bertz CT molecular complexity index is 1080. The highest BCUT2D eigenvalue weighted by atomic mass is 19.1. The molecule has 0 saturated carbocycles. The fraction of sp³-hybridized carbons (Fsp3) is 0.0870. The Morgan fingerprint density at radius 2 is 1.67 bits per heavy atom. The van der Waals surface area contributed by atoms with Crippen LogP contribution in [-0.2, 0) is 4.79 Å². The van der Waals surface area contributed by atoms with E-state index in [9.17, 15) is 19.1 Å². The number of carbonyl (C=O) groups is 2. The zero-order valence-electron chi connectivity index (χ0n) is 16.2. The maximum absolute atomic E-state index is 13.8. The highest BCUT2D eigenvalue weighted by molar-refractivity contribution is 6.06. The SMILES string of the molecule is CC(=NNC(=O)C(O)c1ccccc1)c1cccc(NC(=O)c2ccccc2F)c1. The van der Waals surface area contributed by atoms with E-state index in [1.165, 1.54) is 18.2 Å². The first-order chi connectivity index (χ1) is 14.5. The molecule has 3 N–H and O–H groups in total. The lowest BCUT2D eigenvalue weighted by atomic mass is 10.1. The van der Waals surface area contributed by atoms with Crippen LogP contribution in [0.15, 0.2) is 84.0 Å². The molecule has 0 fully saturated rings. The topological polar surface area (TPSA) is 90.8 Å². The van der Waals surface area contributed by atoms with Gasteiger partial charge in [0.1, 0.15) is 5.82 Å². The summed E-state index contributed by atoms with van der Waals surface area (Å²) in [6.07, 6.45) is -1.34. The molecule has 1 unspecified atom stereocenters. The second-order valence-electron chi connectivity index (χ2n) is 6.50. The van der Waals surface area contributed by atoms with E-state index in [1.807, 2.05) is 0 Å². The summed E-state index contributed by atoms with van der Waals surface area (Å²) in [4.78, 5) is 24.4. The molecule has 0 bridgehead atoms. The molecule has 2 amide bonds. The number of anilines is 1. The number of carbonyl (C=O) groups excluding carboxylic acids is 2. The summed E-state index contributed by atoms with van der Waals surface area (Å²) >= 11 is 0. The highest BCUT2D eigenvalue weighted by Crippen LogP contribution is 2.15. The fourth-order valence-electron chi connectivity index (χ4n) is 2.72. The molecular weight excluding hydrogens is 385 g/mol. The number of nitrogens with one attached hydrogen (secondary N) is 2. The molecule has 0 aliphatic rings. The van der Waals surface area contributed by atoms with Gasteiger partial charge in [-0.2, -0.15) is 5.10 Å². The fourth-order valence-corrected chi connectivity index (χ4v) is 2.72. The zero-order chi connectivity index (χ0) is 21.5. The van der Waals surface area contributed by atoms with Crippen molar-refractivity contribution >= 4 is 23.2 Å². The van der Waals surface area contributed by atoms with Crippen LogP contribution < -0.4 is 10.7 Å². The normalized spacial score (nSPS) is 12.2. The van der Waals surface area contributed by atoms with Crippen molar-refractivity contribution in [2.75, 3.05) is 5.32 Å². The Morgan fingerprint density at radius 3 is 2.40 bits per heavy atom. The third-order valence-electron chi connectivity index (χ3n) is 4.35. The molecule has 0 aliphatic heterocycles. The van der Waals surface area contributed by atoms with Gasteiger partial charge in [-0.15, -0.1) is 0 Å². The van der Waals surface area contributed by atoms with E-state index in [-0.39, 0.29) is 5.56 Å². The molecule has 3 aromatic carbocycles. The molecule has 0 heterocycles. The minimum absolute atomic E-state index is 0.0598. The molecule has 3 aromatic rings. The van der Waals surface area contributed by atoms with Crippen LogP contribution in [0.4, 0.5) is 10.1 Å². The molecule has 30 heavy (non-hydrogen) atoms. The third-order valence-corrected chi connectivity index (χ3v) is 4.35. The second kappa shape index (κ2) is 9.58. The van der Waals surface area contributed by atoms with Crippen molar-refractivity contribution in [3.63, 3.8) is 0 Å².